The van der Waals surface area contributed by atoms with E-state index in [1.54, 1.807) is 0 Å². The van der Waals surface area contributed by atoms with Crippen molar-refractivity contribution in [3.63, 3.8) is 0 Å². The third kappa shape index (κ3) is 3.97. The molecule has 0 aliphatic rings. The Morgan fingerprint density at radius 1 is 1.10 bits per heavy atom. The van der Waals surface area contributed by atoms with Crippen molar-refractivity contribution in [1.29, 1.82) is 0 Å². The second-order valence-corrected chi connectivity index (χ2v) is 8.20. The van der Waals surface area contributed by atoms with Crippen LogP contribution >= 0.6 is 23.7 Å². The smallest absolute Gasteiger partial charge is 0.304 e. The molecule has 0 saturated carbocycles. The van der Waals surface area contributed by atoms with Gasteiger partial charge in [-0.3, -0.25) is 9.36 Å². The van der Waals surface area contributed by atoms with Gasteiger partial charge in [-0.25, -0.2) is 4.98 Å². The first-order valence-electron chi connectivity index (χ1n) is 9.83. The Hall–Kier alpha value is -2.15. The summed E-state index contributed by atoms with van der Waals surface area (Å²) in [5.74, 6) is 0. The minimum Gasteiger partial charge on any atom is -0.304 e. The van der Waals surface area contributed by atoms with E-state index in [0.717, 1.165) is 52.4 Å². The predicted molar refractivity (Wildman–Crippen MR) is 125 cm³/mol. The molecule has 5 nitrogen and oxygen atoms in total. The summed E-state index contributed by atoms with van der Waals surface area (Å²) < 4.78 is 5.07. The first kappa shape index (κ1) is 21.6. The van der Waals surface area contributed by atoms with Crippen molar-refractivity contribution < 1.29 is 0 Å². The van der Waals surface area contributed by atoms with Gasteiger partial charge in [-0.2, -0.15) is 0 Å². The van der Waals surface area contributed by atoms with Gasteiger partial charge in [-0.15, -0.1) is 12.4 Å². The highest BCUT2D eigenvalue weighted by atomic mass is 35.5. The van der Waals surface area contributed by atoms with Crippen LogP contribution in [0.3, 0.4) is 0 Å². The predicted octanol–water partition coefficient (Wildman–Crippen LogP) is 4.76. The molecule has 0 saturated heterocycles. The molecular formula is C22H27ClN4OS. The number of pyridine rings is 1. The van der Waals surface area contributed by atoms with Gasteiger partial charge in [0.25, 0.3) is 0 Å². The van der Waals surface area contributed by atoms with Crippen LogP contribution in [-0.2, 0) is 6.54 Å². The van der Waals surface area contributed by atoms with Gasteiger partial charge in [0.05, 0.1) is 15.9 Å². The average molecular weight is 431 g/mol. The quantitative estimate of drug-likeness (QED) is 0.443. The van der Waals surface area contributed by atoms with Crippen LogP contribution in [0.15, 0.2) is 41.3 Å². The van der Waals surface area contributed by atoms with E-state index >= 15 is 0 Å². The number of fused-ring (bicyclic) bond motifs is 2. The monoisotopic (exact) mass is 430 g/mol. The second-order valence-electron chi connectivity index (χ2n) is 7.21. The zero-order valence-corrected chi connectivity index (χ0v) is 18.9. The fourth-order valence-corrected chi connectivity index (χ4v) is 4.64. The number of thiazole rings is 1. The SMILES string of the molecule is CCN(CC)CCn1c(=O)sc2ccc(-c3nc4cc(C)ccn4c3C)cc21.Cl. The zero-order chi connectivity index (χ0) is 19.8. The molecule has 0 aliphatic carbocycles. The van der Waals surface area contributed by atoms with E-state index in [9.17, 15) is 4.79 Å². The van der Waals surface area contributed by atoms with Gasteiger partial charge in [-0.1, -0.05) is 31.3 Å². The molecule has 0 fully saturated rings. The van der Waals surface area contributed by atoms with Gasteiger partial charge in [0.1, 0.15) is 5.65 Å². The molecule has 0 atom stereocenters. The maximum atomic E-state index is 12.6. The van der Waals surface area contributed by atoms with Crippen LogP contribution in [0, 0.1) is 13.8 Å². The molecule has 0 spiro atoms. The number of likely N-dealkylation sites (N-methyl/N-ethyl adjacent to an activating group) is 1. The molecule has 3 heterocycles. The highest BCUT2D eigenvalue weighted by molar-refractivity contribution is 7.16. The molecule has 3 aromatic heterocycles. The normalized spacial score (nSPS) is 11.5. The summed E-state index contributed by atoms with van der Waals surface area (Å²) in [7, 11) is 0. The van der Waals surface area contributed by atoms with Gasteiger partial charge < -0.3 is 9.30 Å². The van der Waals surface area contributed by atoms with Crippen molar-refractivity contribution in [2.24, 2.45) is 0 Å². The Morgan fingerprint density at radius 2 is 1.86 bits per heavy atom. The highest BCUT2D eigenvalue weighted by Gasteiger charge is 2.14. The minimum atomic E-state index is 0. The molecule has 0 unspecified atom stereocenters. The number of hydrogen-bond acceptors (Lipinski definition) is 4. The molecule has 1 aromatic carbocycles. The molecular weight excluding hydrogens is 404 g/mol. The lowest BCUT2D eigenvalue weighted by Crippen LogP contribution is -2.29. The van der Waals surface area contributed by atoms with Gasteiger partial charge in [0, 0.05) is 30.5 Å². The van der Waals surface area contributed by atoms with Crippen LogP contribution in [0.1, 0.15) is 25.1 Å². The number of rotatable bonds is 6. The minimum absolute atomic E-state index is 0. The summed E-state index contributed by atoms with van der Waals surface area (Å²) in [6.07, 6.45) is 2.07. The Kier molecular flexibility index (Phi) is 6.46. The van der Waals surface area contributed by atoms with Crippen LogP contribution < -0.4 is 4.87 Å². The molecule has 29 heavy (non-hydrogen) atoms. The molecule has 4 aromatic rings. The Balaban J connectivity index is 0.00000240. The number of imidazole rings is 1. The summed E-state index contributed by atoms with van der Waals surface area (Å²) >= 11 is 1.32. The Bertz CT molecular complexity index is 1200. The first-order chi connectivity index (χ1) is 13.5. The molecule has 154 valence electrons. The number of nitrogens with zero attached hydrogens (tertiary/aromatic N) is 4. The summed E-state index contributed by atoms with van der Waals surface area (Å²) in [6, 6.07) is 10.4. The Labute approximate surface area is 181 Å². The number of aryl methyl sites for hydroxylation is 2. The summed E-state index contributed by atoms with van der Waals surface area (Å²) in [5, 5.41) is 0. The molecule has 7 heteroatoms. The molecule has 0 N–H and O–H groups in total. The fourth-order valence-electron chi connectivity index (χ4n) is 3.74. The van der Waals surface area contributed by atoms with Crippen LogP contribution in [0.2, 0.25) is 0 Å². The van der Waals surface area contributed by atoms with Crippen molar-refractivity contribution in [3.05, 3.63) is 57.5 Å². The summed E-state index contributed by atoms with van der Waals surface area (Å²) in [4.78, 5) is 19.9. The van der Waals surface area contributed by atoms with E-state index in [1.807, 2.05) is 4.57 Å². The topological polar surface area (TPSA) is 42.5 Å². The van der Waals surface area contributed by atoms with Gasteiger partial charge in [-0.05, 0) is 56.8 Å². The first-order valence-corrected chi connectivity index (χ1v) is 10.6. The summed E-state index contributed by atoms with van der Waals surface area (Å²) in [6.45, 7) is 12.1. The van der Waals surface area contributed by atoms with Gasteiger partial charge in [0.15, 0.2) is 0 Å². The molecule has 0 radical (unpaired) electrons. The largest absolute Gasteiger partial charge is 0.308 e. The van der Waals surface area contributed by atoms with Crippen molar-refractivity contribution in [2.75, 3.05) is 19.6 Å². The lowest BCUT2D eigenvalue weighted by Gasteiger charge is -2.18. The molecule has 4 rings (SSSR count). The van der Waals surface area contributed by atoms with Crippen molar-refractivity contribution in [1.82, 2.24) is 18.9 Å². The van der Waals surface area contributed by atoms with Crippen molar-refractivity contribution in [3.8, 4) is 11.3 Å². The second kappa shape index (κ2) is 8.69. The van der Waals surface area contributed by atoms with Crippen molar-refractivity contribution in [2.45, 2.75) is 34.2 Å². The third-order valence-corrected chi connectivity index (χ3v) is 6.46. The maximum absolute atomic E-state index is 12.6. The standard InChI is InChI=1S/C22H26N4OS.ClH/c1-5-24(6-2)11-12-26-18-14-17(7-8-19(18)28-22(26)27)21-16(4)25-10-9-15(3)13-20(25)23-21;/h7-10,13-14H,5-6,11-12H2,1-4H3;1H. The van der Waals surface area contributed by atoms with Crippen LogP contribution in [-0.4, -0.2) is 38.5 Å². The summed E-state index contributed by atoms with van der Waals surface area (Å²) in [5.41, 5.74) is 6.30. The lowest BCUT2D eigenvalue weighted by molar-refractivity contribution is 0.291. The van der Waals surface area contributed by atoms with E-state index in [4.69, 9.17) is 4.98 Å². The number of benzene rings is 1. The van der Waals surface area contributed by atoms with E-state index in [2.05, 4.69) is 73.5 Å². The van der Waals surface area contributed by atoms with E-state index in [0.29, 0.717) is 6.54 Å². The zero-order valence-electron chi connectivity index (χ0n) is 17.3. The molecule has 0 amide bonds. The van der Waals surface area contributed by atoms with Crippen molar-refractivity contribution >= 4 is 39.6 Å². The maximum Gasteiger partial charge on any atom is 0.308 e. The van der Waals surface area contributed by atoms with Crippen LogP contribution in [0.25, 0.3) is 27.1 Å². The van der Waals surface area contributed by atoms with E-state index < -0.39 is 0 Å². The number of halogens is 1. The molecule has 0 aliphatic heterocycles. The van der Waals surface area contributed by atoms with Gasteiger partial charge >= 0.3 is 4.87 Å². The van der Waals surface area contributed by atoms with E-state index in [1.165, 1.54) is 16.9 Å². The Morgan fingerprint density at radius 3 is 2.59 bits per heavy atom. The number of hydrogen-bond donors (Lipinski definition) is 0. The lowest BCUT2D eigenvalue weighted by atomic mass is 10.1. The number of aromatic nitrogens is 3. The fraction of sp³-hybridized carbons (Fsp3) is 0.364. The van der Waals surface area contributed by atoms with Crippen LogP contribution in [0.5, 0.6) is 0 Å². The average Bonchev–Trinajstić information content (AvgIpc) is 3.18. The van der Waals surface area contributed by atoms with Crippen LogP contribution in [0.4, 0.5) is 0 Å². The third-order valence-electron chi connectivity index (χ3n) is 5.50. The van der Waals surface area contributed by atoms with E-state index in [-0.39, 0.29) is 17.3 Å². The van der Waals surface area contributed by atoms with Gasteiger partial charge in [0.2, 0.25) is 0 Å². The highest BCUT2D eigenvalue weighted by Crippen LogP contribution is 2.28. The molecule has 0 bridgehead atoms.